The van der Waals surface area contributed by atoms with Gasteiger partial charge in [0.25, 0.3) is 0 Å². The molecular weight excluding hydrogens is 364 g/mol. The summed E-state index contributed by atoms with van der Waals surface area (Å²) in [7, 11) is 0. The lowest BCUT2D eigenvalue weighted by Gasteiger charge is -2.32. The van der Waals surface area contributed by atoms with Gasteiger partial charge in [-0.05, 0) is 61.1 Å². The Morgan fingerprint density at radius 2 is 2.03 bits per heavy atom. The monoisotopic (exact) mass is 392 g/mol. The molecular formula is C24H28N2O3. The van der Waals surface area contributed by atoms with Gasteiger partial charge in [-0.2, -0.15) is 0 Å². The van der Waals surface area contributed by atoms with Crippen molar-refractivity contribution in [2.24, 2.45) is 5.92 Å². The minimum atomic E-state index is -0.912. The molecule has 1 aliphatic carbocycles. The first-order valence-electron chi connectivity index (χ1n) is 10.6. The number of benzene rings is 1. The number of aromatic carboxylic acids is 1. The van der Waals surface area contributed by atoms with Crippen LogP contribution in [0.25, 0.3) is 5.70 Å². The molecule has 1 N–H and O–H groups in total. The second kappa shape index (κ2) is 8.68. The Labute approximate surface area is 172 Å². The first-order valence-corrected chi connectivity index (χ1v) is 10.6. The number of nitrogens with zero attached hydrogens (tertiary/aromatic N) is 2. The van der Waals surface area contributed by atoms with Crippen molar-refractivity contribution >= 4 is 17.4 Å². The van der Waals surface area contributed by atoms with Crippen LogP contribution in [0.5, 0.6) is 5.75 Å². The van der Waals surface area contributed by atoms with Gasteiger partial charge < -0.3 is 14.7 Å². The van der Waals surface area contributed by atoms with Crippen molar-refractivity contribution < 1.29 is 14.6 Å². The molecule has 29 heavy (non-hydrogen) atoms. The number of carboxylic acid groups (broad SMARTS) is 1. The summed E-state index contributed by atoms with van der Waals surface area (Å²) in [6.45, 7) is 3.41. The molecule has 0 amide bonds. The molecule has 2 heterocycles. The number of hydrogen-bond donors (Lipinski definition) is 1. The maximum Gasteiger partial charge on any atom is 0.335 e. The Hall–Kier alpha value is -2.82. The topological polar surface area (TPSA) is 62.7 Å². The van der Waals surface area contributed by atoms with Gasteiger partial charge in [-0.3, -0.25) is 4.98 Å². The molecule has 0 unspecified atom stereocenters. The SMILES string of the molecule is CC/C(=C1/c2ncccc2OCCN1c1cccc(C(=O)O)c1)C1CCCCC1. The molecule has 1 fully saturated rings. The number of carbonyl (C=O) groups is 1. The van der Waals surface area contributed by atoms with Crippen LogP contribution < -0.4 is 9.64 Å². The molecule has 0 radical (unpaired) electrons. The van der Waals surface area contributed by atoms with E-state index in [2.05, 4.69) is 11.8 Å². The third-order valence-electron chi connectivity index (χ3n) is 6.03. The molecule has 2 aromatic rings. The highest BCUT2D eigenvalue weighted by Gasteiger charge is 2.29. The molecule has 1 aromatic heterocycles. The van der Waals surface area contributed by atoms with E-state index in [1.165, 1.54) is 37.7 Å². The van der Waals surface area contributed by atoms with Crippen molar-refractivity contribution in [2.75, 3.05) is 18.1 Å². The quantitative estimate of drug-likeness (QED) is 0.757. The summed E-state index contributed by atoms with van der Waals surface area (Å²) in [6.07, 6.45) is 9.02. The predicted molar refractivity (Wildman–Crippen MR) is 114 cm³/mol. The molecule has 1 aromatic carbocycles. The summed E-state index contributed by atoms with van der Waals surface area (Å²) in [4.78, 5) is 18.5. The third-order valence-corrected chi connectivity index (χ3v) is 6.03. The molecule has 4 rings (SSSR count). The number of anilines is 1. The highest BCUT2D eigenvalue weighted by Crippen LogP contribution is 2.41. The lowest BCUT2D eigenvalue weighted by atomic mass is 9.81. The fourth-order valence-electron chi connectivity index (χ4n) is 4.66. The Balaban J connectivity index is 1.90. The van der Waals surface area contributed by atoms with Crippen LogP contribution in [-0.2, 0) is 0 Å². The summed E-state index contributed by atoms with van der Waals surface area (Å²) in [6, 6.07) is 11.1. The average Bonchev–Trinajstić information content (AvgIpc) is 2.95. The molecule has 1 saturated carbocycles. The van der Waals surface area contributed by atoms with Crippen LogP contribution in [0.15, 0.2) is 48.2 Å². The Morgan fingerprint density at radius 1 is 1.21 bits per heavy atom. The van der Waals surface area contributed by atoms with Crippen LogP contribution in [0.4, 0.5) is 5.69 Å². The maximum absolute atomic E-state index is 11.6. The lowest BCUT2D eigenvalue weighted by molar-refractivity contribution is 0.0697. The fourth-order valence-corrected chi connectivity index (χ4v) is 4.66. The van der Waals surface area contributed by atoms with Gasteiger partial charge in [0.1, 0.15) is 18.1 Å². The molecule has 5 nitrogen and oxygen atoms in total. The number of hydrogen-bond acceptors (Lipinski definition) is 4. The normalized spacial score (nSPS) is 19.1. The zero-order chi connectivity index (χ0) is 20.2. The largest absolute Gasteiger partial charge is 0.489 e. The second-order valence-electron chi connectivity index (χ2n) is 7.77. The van der Waals surface area contributed by atoms with Crippen molar-refractivity contribution in [3.63, 3.8) is 0 Å². The van der Waals surface area contributed by atoms with E-state index in [9.17, 15) is 9.90 Å². The van der Waals surface area contributed by atoms with E-state index in [0.29, 0.717) is 24.6 Å². The van der Waals surface area contributed by atoms with Crippen molar-refractivity contribution in [3.8, 4) is 5.75 Å². The first-order chi connectivity index (χ1) is 14.2. The minimum Gasteiger partial charge on any atom is -0.489 e. The highest BCUT2D eigenvalue weighted by atomic mass is 16.5. The van der Waals surface area contributed by atoms with Crippen LogP contribution in [0.3, 0.4) is 0 Å². The molecule has 152 valence electrons. The Morgan fingerprint density at radius 3 is 2.79 bits per heavy atom. The summed E-state index contributed by atoms with van der Waals surface area (Å²) < 4.78 is 6.04. The Bertz CT molecular complexity index is 916. The van der Waals surface area contributed by atoms with Gasteiger partial charge in [0.15, 0.2) is 0 Å². The zero-order valence-corrected chi connectivity index (χ0v) is 16.9. The van der Waals surface area contributed by atoms with E-state index >= 15 is 0 Å². The number of allylic oxidation sites excluding steroid dienone is 1. The van der Waals surface area contributed by atoms with Gasteiger partial charge >= 0.3 is 5.97 Å². The number of fused-ring (bicyclic) bond motifs is 1. The predicted octanol–water partition coefficient (Wildman–Crippen LogP) is 5.38. The number of aromatic nitrogens is 1. The van der Waals surface area contributed by atoms with E-state index in [1.807, 2.05) is 30.5 Å². The number of pyridine rings is 1. The molecule has 0 saturated heterocycles. The van der Waals surface area contributed by atoms with E-state index in [0.717, 1.165) is 29.2 Å². The van der Waals surface area contributed by atoms with Crippen molar-refractivity contribution in [1.82, 2.24) is 4.98 Å². The standard InChI is InChI=1S/C24H28N2O3/c1-2-20(17-8-4-3-5-9-17)23-22-21(12-7-13-25-22)29-15-14-26(23)19-11-6-10-18(16-19)24(27)28/h6-7,10-13,16-17H,2-5,8-9,14-15H2,1H3,(H,27,28)/b23-20+. The number of ether oxygens (including phenoxy) is 1. The van der Waals surface area contributed by atoms with Crippen LogP contribution >= 0.6 is 0 Å². The van der Waals surface area contributed by atoms with Crippen LogP contribution in [0, 0.1) is 5.92 Å². The Kier molecular flexibility index (Phi) is 5.84. The summed E-state index contributed by atoms with van der Waals surface area (Å²) in [5, 5.41) is 9.48. The van der Waals surface area contributed by atoms with Crippen LogP contribution in [-0.4, -0.2) is 29.2 Å². The smallest absolute Gasteiger partial charge is 0.335 e. The number of rotatable bonds is 4. The zero-order valence-electron chi connectivity index (χ0n) is 16.9. The molecule has 0 spiro atoms. The minimum absolute atomic E-state index is 0.295. The van der Waals surface area contributed by atoms with Gasteiger partial charge in [-0.15, -0.1) is 0 Å². The summed E-state index contributed by atoms with van der Waals surface area (Å²) in [5.41, 5.74) is 4.56. The average molecular weight is 392 g/mol. The fraction of sp³-hybridized carbons (Fsp3) is 0.417. The molecule has 0 atom stereocenters. The van der Waals surface area contributed by atoms with E-state index in [4.69, 9.17) is 9.72 Å². The van der Waals surface area contributed by atoms with Gasteiger partial charge in [0.2, 0.25) is 0 Å². The van der Waals surface area contributed by atoms with Crippen molar-refractivity contribution in [2.45, 2.75) is 45.4 Å². The summed E-state index contributed by atoms with van der Waals surface area (Å²) in [5.74, 6) is 0.438. The maximum atomic E-state index is 11.6. The van der Waals surface area contributed by atoms with Crippen LogP contribution in [0.1, 0.15) is 61.5 Å². The van der Waals surface area contributed by atoms with Crippen molar-refractivity contribution in [3.05, 3.63) is 59.4 Å². The van der Waals surface area contributed by atoms with Gasteiger partial charge in [-0.1, -0.05) is 32.3 Å². The second-order valence-corrected chi connectivity index (χ2v) is 7.77. The van der Waals surface area contributed by atoms with Gasteiger partial charge in [0, 0.05) is 11.9 Å². The molecule has 1 aliphatic heterocycles. The van der Waals surface area contributed by atoms with Gasteiger partial charge in [0.05, 0.1) is 17.8 Å². The molecule has 5 heteroatoms. The van der Waals surface area contributed by atoms with E-state index < -0.39 is 5.97 Å². The highest BCUT2D eigenvalue weighted by molar-refractivity contribution is 5.90. The van der Waals surface area contributed by atoms with E-state index in [-0.39, 0.29) is 0 Å². The van der Waals surface area contributed by atoms with Gasteiger partial charge in [-0.25, -0.2) is 4.79 Å². The molecule has 0 bridgehead atoms. The lowest BCUT2D eigenvalue weighted by Crippen LogP contribution is -2.27. The van der Waals surface area contributed by atoms with Crippen LogP contribution in [0.2, 0.25) is 0 Å². The molecule has 2 aliphatic rings. The third kappa shape index (κ3) is 4.00. The van der Waals surface area contributed by atoms with E-state index in [1.54, 1.807) is 12.1 Å². The summed E-state index contributed by atoms with van der Waals surface area (Å²) >= 11 is 0. The first kappa shape index (κ1) is 19.5. The van der Waals surface area contributed by atoms with Crippen molar-refractivity contribution in [1.29, 1.82) is 0 Å². The number of carboxylic acids is 1.